The van der Waals surface area contributed by atoms with Gasteiger partial charge in [0.2, 0.25) is 0 Å². The Balaban J connectivity index is 1.87. The molecule has 34 heavy (non-hydrogen) atoms. The van der Waals surface area contributed by atoms with Crippen LogP contribution in [0.25, 0.3) is 22.5 Å². The summed E-state index contributed by atoms with van der Waals surface area (Å²) < 4.78 is 0.353. The van der Waals surface area contributed by atoms with Gasteiger partial charge < -0.3 is 11.5 Å². The predicted octanol–water partition coefficient (Wildman–Crippen LogP) is 2.92. The third-order valence-corrected chi connectivity index (χ3v) is 7.58. The van der Waals surface area contributed by atoms with Gasteiger partial charge in [-0.25, -0.2) is 0 Å². The van der Waals surface area contributed by atoms with Crippen molar-refractivity contribution in [3.8, 4) is 22.5 Å². The zero-order chi connectivity index (χ0) is 24.4. The average molecular weight is 460 g/mol. The Morgan fingerprint density at radius 2 is 1.32 bits per heavy atom. The summed E-state index contributed by atoms with van der Waals surface area (Å²) in [6.45, 7) is 5.32. The van der Waals surface area contributed by atoms with E-state index in [2.05, 4.69) is 58.6 Å². The molecule has 0 aliphatic heterocycles. The first-order valence-corrected chi connectivity index (χ1v) is 11.5. The number of benzene rings is 2. The molecule has 2 aromatic carbocycles. The average Bonchev–Trinajstić information content (AvgIpc) is 3.54. The van der Waals surface area contributed by atoms with Gasteiger partial charge in [-0.05, 0) is 6.92 Å². The Hall–Kier alpha value is -3.30. The fourth-order valence-electron chi connectivity index (χ4n) is 4.84. The second-order valence-electron chi connectivity index (χ2n) is 9.55. The van der Waals surface area contributed by atoms with Crippen molar-refractivity contribution in [2.75, 3.05) is 20.1 Å². The molecule has 0 saturated carbocycles. The first-order chi connectivity index (χ1) is 16.3. The number of hydrogen-bond donors (Lipinski definition) is 5. The molecule has 0 bridgehead atoms. The van der Waals surface area contributed by atoms with Crippen LogP contribution in [-0.2, 0) is 12.1 Å². The van der Waals surface area contributed by atoms with Gasteiger partial charge >= 0.3 is 0 Å². The third-order valence-electron chi connectivity index (χ3n) is 7.58. The molecule has 3 atom stereocenters. The highest BCUT2D eigenvalue weighted by Gasteiger charge is 2.55. The molecule has 4 rings (SSSR count). The van der Waals surface area contributed by atoms with E-state index < -0.39 is 11.2 Å². The smallest absolute Gasteiger partial charge is 0.160 e. The Labute approximate surface area is 200 Å². The number of hydrogen-bond acceptors (Lipinski definition) is 5. The summed E-state index contributed by atoms with van der Waals surface area (Å²) in [5.41, 5.74) is 24.5. The number of nitrogens with one attached hydrogen (secondary N) is 2. The first kappa shape index (κ1) is 23.8. The van der Waals surface area contributed by atoms with E-state index in [-0.39, 0.29) is 6.54 Å². The van der Waals surface area contributed by atoms with Crippen molar-refractivity contribution < 1.29 is 4.48 Å². The van der Waals surface area contributed by atoms with Gasteiger partial charge in [0, 0.05) is 18.1 Å². The van der Waals surface area contributed by atoms with E-state index in [0.29, 0.717) is 17.6 Å². The van der Waals surface area contributed by atoms with Gasteiger partial charge in [0.05, 0.1) is 55.0 Å². The number of quaternary nitrogens is 1. The van der Waals surface area contributed by atoms with Crippen LogP contribution in [0.15, 0.2) is 73.1 Å². The lowest BCUT2D eigenvalue weighted by molar-refractivity contribution is -1.02. The summed E-state index contributed by atoms with van der Waals surface area (Å²) in [5.74, 6) is 0. The SMILES string of the molecule is CC(N)(CN)[N+](C)(Cc1cn[nH]c1-c1ccccc1)C(C)(CN)c1cn[nH]c1-c1ccccc1. The Morgan fingerprint density at radius 3 is 1.88 bits per heavy atom. The van der Waals surface area contributed by atoms with Crippen molar-refractivity contribution in [1.82, 2.24) is 20.4 Å². The summed E-state index contributed by atoms with van der Waals surface area (Å²) in [4.78, 5) is 0. The monoisotopic (exact) mass is 459 g/mol. The maximum atomic E-state index is 6.99. The van der Waals surface area contributed by atoms with Crippen molar-refractivity contribution in [3.05, 3.63) is 84.2 Å². The van der Waals surface area contributed by atoms with Crippen LogP contribution in [0.3, 0.4) is 0 Å². The molecule has 2 heterocycles. The second kappa shape index (κ2) is 9.15. The van der Waals surface area contributed by atoms with Crippen molar-refractivity contribution in [1.29, 1.82) is 0 Å². The molecule has 0 fully saturated rings. The molecule has 0 aliphatic carbocycles. The topological polar surface area (TPSA) is 135 Å². The maximum absolute atomic E-state index is 6.99. The molecule has 8 N–H and O–H groups in total. The van der Waals surface area contributed by atoms with E-state index in [1.54, 1.807) is 0 Å². The number of nitrogens with zero attached hydrogens (tertiary/aromatic N) is 3. The molecule has 2 aromatic heterocycles. The number of nitrogens with two attached hydrogens (primary N) is 3. The standard InChI is InChI=1S/C26H35N8/c1-25(17-27,22-15-31-33-24(22)20-12-8-5-9-13-20)34(3,26(2,29)18-28)16-21-14-30-32-23(21)19-10-6-4-7-11-19/h4-15H,16-18,27-29H2,1-3H3,(H,30,32)(H,31,33)/q+1. The highest BCUT2D eigenvalue weighted by molar-refractivity contribution is 5.64. The summed E-state index contributed by atoms with van der Waals surface area (Å²) in [6, 6.07) is 20.3. The van der Waals surface area contributed by atoms with Gasteiger partial charge in [0.15, 0.2) is 5.66 Å². The fourth-order valence-corrected chi connectivity index (χ4v) is 4.84. The second-order valence-corrected chi connectivity index (χ2v) is 9.55. The van der Waals surface area contributed by atoms with Gasteiger partial charge in [-0.3, -0.25) is 20.4 Å². The van der Waals surface area contributed by atoms with Crippen LogP contribution in [-0.4, -0.2) is 50.7 Å². The van der Waals surface area contributed by atoms with Crippen LogP contribution >= 0.6 is 0 Å². The van der Waals surface area contributed by atoms with Crippen molar-refractivity contribution in [2.24, 2.45) is 17.2 Å². The summed E-state index contributed by atoms with van der Waals surface area (Å²) in [7, 11) is 2.13. The highest BCUT2D eigenvalue weighted by Crippen LogP contribution is 2.43. The minimum Gasteiger partial charge on any atom is -0.325 e. The number of aromatic nitrogens is 4. The number of rotatable bonds is 9. The molecule has 178 valence electrons. The summed E-state index contributed by atoms with van der Waals surface area (Å²) >= 11 is 0. The molecule has 8 nitrogen and oxygen atoms in total. The maximum Gasteiger partial charge on any atom is 0.160 e. The van der Waals surface area contributed by atoms with Crippen LogP contribution in [0.2, 0.25) is 0 Å². The van der Waals surface area contributed by atoms with Crippen molar-refractivity contribution in [3.63, 3.8) is 0 Å². The molecule has 0 radical (unpaired) electrons. The molecule has 3 unspecified atom stereocenters. The van der Waals surface area contributed by atoms with E-state index >= 15 is 0 Å². The summed E-state index contributed by atoms with van der Waals surface area (Å²) in [5, 5.41) is 15.2. The Bertz CT molecular complexity index is 1210. The van der Waals surface area contributed by atoms with Crippen LogP contribution in [0.5, 0.6) is 0 Å². The highest BCUT2D eigenvalue weighted by atomic mass is 15.5. The molecule has 8 heteroatoms. The Morgan fingerprint density at radius 1 is 0.794 bits per heavy atom. The minimum absolute atomic E-state index is 0.274. The number of aromatic amines is 2. The molecule has 0 amide bonds. The van der Waals surface area contributed by atoms with Gasteiger partial charge in [-0.2, -0.15) is 10.2 Å². The normalized spacial score (nSPS) is 17.0. The van der Waals surface area contributed by atoms with Gasteiger partial charge in [-0.1, -0.05) is 60.7 Å². The van der Waals surface area contributed by atoms with Gasteiger partial charge in [0.1, 0.15) is 12.1 Å². The van der Waals surface area contributed by atoms with E-state index in [4.69, 9.17) is 17.2 Å². The molecule has 4 aromatic rings. The zero-order valence-electron chi connectivity index (χ0n) is 20.1. The van der Waals surface area contributed by atoms with Crippen LogP contribution in [0, 0.1) is 0 Å². The van der Waals surface area contributed by atoms with E-state index in [0.717, 1.165) is 33.6 Å². The number of likely N-dealkylation sites (N-methyl/N-ethyl adjacent to an activating group) is 1. The van der Waals surface area contributed by atoms with Gasteiger partial charge in [-0.15, -0.1) is 0 Å². The predicted molar refractivity (Wildman–Crippen MR) is 136 cm³/mol. The molecule has 0 saturated heterocycles. The minimum atomic E-state index is -0.801. The van der Waals surface area contributed by atoms with Crippen LogP contribution in [0.4, 0.5) is 0 Å². The lowest BCUT2D eigenvalue weighted by Gasteiger charge is -2.56. The van der Waals surface area contributed by atoms with E-state index in [1.165, 1.54) is 0 Å². The van der Waals surface area contributed by atoms with Gasteiger partial charge in [0.25, 0.3) is 0 Å². The van der Waals surface area contributed by atoms with Crippen molar-refractivity contribution >= 4 is 0 Å². The fraction of sp³-hybridized carbons (Fsp3) is 0.308. The number of H-pyrrole nitrogens is 2. The Kier molecular flexibility index (Phi) is 6.42. The zero-order valence-corrected chi connectivity index (χ0v) is 20.1. The molecular weight excluding hydrogens is 424 g/mol. The lowest BCUT2D eigenvalue weighted by atomic mass is 9.82. The molecule has 0 spiro atoms. The summed E-state index contributed by atoms with van der Waals surface area (Å²) in [6.07, 6.45) is 3.74. The van der Waals surface area contributed by atoms with Crippen LogP contribution < -0.4 is 17.2 Å². The van der Waals surface area contributed by atoms with E-state index in [1.807, 2.05) is 55.7 Å². The van der Waals surface area contributed by atoms with E-state index in [9.17, 15) is 0 Å². The molecule has 0 aliphatic rings. The third kappa shape index (κ3) is 3.84. The lowest BCUT2D eigenvalue weighted by Crippen LogP contribution is -2.76. The largest absolute Gasteiger partial charge is 0.325 e. The first-order valence-electron chi connectivity index (χ1n) is 11.5. The quantitative estimate of drug-likeness (QED) is 0.194. The van der Waals surface area contributed by atoms with Crippen molar-refractivity contribution in [2.45, 2.75) is 31.6 Å². The molecular formula is C26H35N8+. The van der Waals surface area contributed by atoms with Crippen LogP contribution in [0.1, 0.15) is 25.0 Å².